The molecule has 5 atom stereocenters. The van der Waals surface area contributed by atoms with Crippen molar-refractivity contribution in [3.8, 4) is 0 Å². The fraction of sp³-hybridized carbons (Fsp3) is 0.533. The van der Waals surface area contributed by atoms with Crippen molar-refractivity contribution in [3.63, 3.8) is 0 Å². The van der Waals surface area contributed by atoms with E-state index in [2.05, 4.69) is 0 Å². The van der Waals surface area contributed by atoms with E-state index in [-0.39, 0.29) is 6.61 Å². The molecule has 0 spiro atoms. The van der Waals surface area contributed by atoms with Gasteiger partial charge in [0, 0.05) is 0 Å². The predicted octanol–water partition coefficient (Wildman–Crippen LogP) is 2.40. The van der Waals surface area contributed by atoms with Crippen LogP contribution in [0.1, 0.15) is 12.5 Å². The van der Waals surface area contributed by atoms with Crippen molar-refractivity contribution in [3.05, 3.63) is 35.9 Å². The van der Waals surface area contributed by atoms with E-state index in [1.54, 1.807) is 6.92 Å². The van der Waals surface area contributed by atoms with Gasteiger partial charge in [0.1, 0.15) is 18.3 Å². The quantitative estimate of drug-likeness (QED) is 0.411. The van der Waals surface area contributed by atoms with Crippen molar-refractivity contribution in [2.24, 2.45) is 0 Å². The Labute approximate surface area is 154 Å². The molecule has 0 aliphatic carbocycles. The minimum absolute atomic E-state index is 0.147. The standard InChI is InChI=1S/C15H18Cl3NO5/c1-8-10(20)11(21)12(22-7-9-5-3-2-4-6-9)13(23-8)24-14(19)15(16,17)18/h2-6,8,10-13,19-21H,7H2,1H3/t8-,10-,11+,12+,13-/m0/s1. The Balaban J connectivity index is 2.10. The smallest absolute Gasteiger partial charge is 0.265 e. The molecule has 1 aliphatic rings. The molecule has 1 aromatic rings. The van der Waals surface area contributed by atoms with E-state index in [1.807, 2.05) is 30.3 Å². The summed E-state index contributed by atoms with van der Waals surface area (Å²) in [5.74, 6) is -0.665. The molecular weight excluding hydrogens is 381 g/mol. The van der Waals surface area contributed by atoms with Crippen LogP contribution in [0.15, 0.2) is 30.3 Å². The van der Waals surface area contributed by atoms with Crippen molar-refractivity contribution in [1.29, 1.82) is 5.41 Å². The van der Waals surface area contributed by atoms with Gasteiger partial charge >= 0.3 is 0 Å². The molecule has 0 amide bonds. The molecule has 1 aliphatic heterocycles. The first-order valence-electron chi connectivity index (χ1n) is 7.19. The van der Waals surface area contributed by atoms with Crippen LogP contribution < -0.4 is 0 Å². The van der Waals surface area contributed by atoms with Gasteiger partial charge < -0.3 is 24.4 Å². The highest BCUT2D eigenvalue weighted by Gasteiger charge is 2.46. The van der Waals surface area contributed by atoms with Crippen LogP contribution in [-0.4, -0.2) is 50.6 Å². The average Bonchev–Trinajstić information content (AvgIpc) is 2.52. The average molecular weight is 399 g/mol. The number of hydrogen-bond donors (Lipinski definition) is 3. The number of aliphatic hydroxyl groups excluding tert-OH is 2. The molecule has 0 bridgehead atoms. The predicted molar refractivity (Wildman–Crippen MR) is 90.5 cm³/mol. The molecule has 24 heavy (non-hydrogen) atoms. The Morgan fingerprint density at radius 2 is 1.83 bits per heavy atom. The fourth-order valence-corrected chi connectivity index (χ4v) is 2.36. The molecule has 2 rings (SSSR count). The Kier molecular flexibility index (Phi) is 6.73. The van der Waals surface area contributed by atoms with Gasteiger partial charge in [0.2, 0.25) is 12.2 Å². The van der Waals surface area contributed by atoms with Crippen molar-refractivity contribution in [1.82, 2.24) is 0 Å². The molecule has 0 aromatic heterocycles. The number of nitrogens with one attached hydrogen (secondary N) is 1. The third-order valence-corrected chi connectivity index (χ3v) is 4.08. The Morgan fingerprint density at radius 3 is 2.42 bits per heavy atom. The minimum Gasteiger partial charge on any atom is -0.445 e. The van der Waals surface area contributed by atoms with Crippen molar-refractivity contribution >= 4 is 40.7 Å². The topological polar surface area (TPSA) is 92.0 Å². The van der Waals surface area contributed by atoms with Crippen LogP contribution >= 0.6 is 34.8 Å². The van der Waals surface area contributed by atoms with Crippen molar-refractivity contribution < 1.29 is 24.4 Å². The number of benzene rings is 1. The lowest BCUT2D eigenvalue weighted by Gasteiger charge is -2.41. The number of rotatable bonds is 4. The van der Waals surface area contributed by atoms with E-state index in [1.165, 1.54) is 0 Å². The maximum atomic E-state index is 10.3. The number of halogens is 3. The molecule has 9 heteroatoms. The molecule has 6 nitrogen and oxygen atoms in total. The van der Waals surface area contributed by atoms with E-state index in [4.69, 9.17) is 54.4 Å². The summed E-state index contributed by atoms with van der Waals surface area (Å²) in [6.07, 6.45) is -5.47. The number of alkyl halides is 3. The van der Waals surface area contributed by atoms with Crippen LogP contribution in [0.25, 0.3) is 0 Å². The van der Waals surface area contributed by atoms with Gasteiger partial charge in [-0.1, -0.05) is 65.1 Å². The van der Waals surface area contributed by atoms with Gasteiger partial charge in [-0.2, -0.15) is 0 Å². The maximum Gasteiger partial charge on any atom is 0.265 e. The number of hydrogen-bond acceptors (Lipinski definition) is 6. The van der Waals surface area contributed by atoms with Crippen LogP contribution in [0, 0.1) is 5.41 Å². The molecule has 134 valence electrons. The van der Waals surface area contributed by atoms with E-state index in [0.29, 0.717) is 0 Å². The molecule has 1 aromatic carbocycles. The van der Waals surface area contributed by atoms with Gasteiger partial charge in [-0.25, -0.2) is 0 Å². The first kappa shape index (κ1) is 19.7. The fourth-order valence-electron chi connectivity index (χ4n) is 2.22. The van der Waals surface area contributed by atoms with Gasteiger partial charge in [-0.15, -0.1) is 0 Å². The Morgan fingerprint density at radius 1 is 1.21 bits per heavy atom. The van der Waals surface area contributed by atoms with Crippen LogP contribution in [0.3, 0.4) is 0 Å². The van der Waals surface area contributed by atoms with Crippen LogP contribution in [0.4, 0.5) is 0 Å². The second-order valence-corrected chi connectivity index (χ2v) is 7.68. The summed E-state index contributed by atoms with van der Waals surface area (Å²) in [5, 5.41) is 27.9. The van der Waals surface area contributed by atoms with Crippen molar-refractivity contribution in [2.45, 2.75) is 48.0 Å². The normalized spacial score (nSPS) is 30.8. The van der Waals surface area contributed by atoms with E-state index in [9.17, 15) is 10.2 Å². The molecule has 0 saturated carbocycles. The first-order chi connectivity index (χ1) is 11.2. The van der Waals surface area contributed by atoms with Crippen LogP contribution in [0.2, 0.25) is 0 Å². The zero-order chi connectivity index (χ0) is 17.9. The summed E-state index contributed by atoms with van der Waals surface area (Å²) in [6.45, 7) is 1.70. The Bertz CT molecular complexity index is 554. The molecule has 0 unspecified atom stereocenters. The third-order valence-electron chi connectivity index (χ3n) is 3.56. The SMILES string of the molecule is C[C@@H]1O[C@@H](OC(=N)C(Cl)(Cl)Cl)[C@H](OCc2ccccc2)[C@H](O)[C@H]1O. The van der Waals surface area contributed by atoms with Gasteiger partial charge in [0.25, 0.3) is 3.79 Å². The van der Waals surface area contributed by atoms with Crippen LogP contribution in [0.5, 0.6) is 0 Å². The molecule has 0 radical (unpaired) electrons. The summed E-state index contributed by atoms with van der Waals surface area (Å²) in [4.78, 5) is 0. The van der Waals surface area contributed by atoms with Crippen LogP contribution in [-0.2, 0) is 20.8 Å². The lowest BCUT2D eigenvalue weighted by molar-refractivity contribution is -0.285. The molecule has 1 heterocycles. The molecule has 3 N–H and O–H groups in total. The third kappa shape index (κ3) is 4.95. The highest BCUT2D eigenvalue weighted by molar-refractivity contribution is 6.76. The monoisotopic (exact) mass is 397 g/mol. The van der Waals surface area contributed by atoms with E-state index >= 15 is 0 Å². The summed E-state index contributed by atoms with van der Waals surface area (Å²) in [5.41, 5.74) is 0.855. The lowest BCUT2D eigenvalue weighted by Crippen LogP contribution is -2.59. The largest absolute Gasteiger partial charge is 0.445 e. The summed E-state index contributed by atoms with van der Waals surface area (Å²) < 4.78 is 14.2. The molecule has 1 saturated heterocycles. The summed E-state index contributed by atoms with van der Waals surface area (Å²) in [6, 6.07) is 9.23. The maximum absolute atomic E-state index is 10.3. The lowest BCUT2D eigenvalue weighted by atomic mass is 9.99. The zero-order valence-electron chi connectivity index (χ0n) is 12.7. The molecular formula is C15H18Cl3NO5. The molecule has 1 fully saturated rings. The van der Waals surface area contributed by atoms with Crippen molar-refractivity contribution in [2.75, 3.05) is 0 Å². The van der Waals surface area contributed by atoms with Gasteiger partial charge in [-0.3, -0.25) is 5.41 Å². The van der Waals surface area contributed by atoms with E-state index in [0.717, 1.165) is 5.56 Å². The van der Waals surface area contributed by atoms with E-state index < -0.39 is 40.4 Å². The second-order valence-electron chi connectivity index (χ2n) is 5.40. The number of aliphatic hydroxyl groups is 2. The highest BCUT2D eigenvalue weighted by atomic mass is 35.6. The van der Waals surface area contributed by atoms with Gasteiger partial charge in [0.15, 0.2) is 0 Å². The summed E-state index contributed by atoms with van der Waals surface area (Å²) >= 11 is 16.8. The summed E-state index contributed by atoms with van der Waals surface area (Å²) in [7, 11) is 0. The minimum atomic E-state index is -2.07. The highest BCUT2D eigenvalue weighted by Crippen LogP contribution is 2.31. The second kappa shape index (κ2) is 8.19. The Hall–Kier alpha value is -0.600. The number of ether oxygens (including phenoxy) is 3. The zero-order valence-corrected chi connectivity index (χ0v) is 15.0. The van der Waals surface area contributed by atoms with Gasteiger partial charge in [0.05, 0.1) is 12.7 Å². The first-order valence-corrected chi connectivity index (χ1v) is 8.33. The van der Waals surface area contributed by atoms with Gasteiger partial charge in [-0.05, 0) is 12.5 Å².